The van der Waals surface area contributed by atoms with Gasteiger partial charge in [0.1, 0.15) is 19.0 Å². The molecule has 0 aliphatic carbocycles. The molecule has 4 rings (SSSR count). The van der Waals surface area contributed by atoms with Gasteiger partial charge in [-0.1, -0.05) is 24.3 Å². The van der Waals surface area contributed by atoms with Gasteiger partial charge in [-0.25, -0.2) is 4.98 Å². The summed E-state index contributed by atoms with van der Waals surface area (Å²) in [6.45, 7) is 1.12. The molecule has 1 aliphatic heterocycles. The Kier molecular flexibility index (Phi) is 6.10. The number of ether oxygens (including phenoxy) is 3. The van der Waals surface area contributed by atoms with Gasteiger partial charge in [-0.3, -0.25) is 10.1 Å². The Morgan fingerprint density at radius 2 is 1.90 bits per heavy atom. The summed E-state index contributed by atoms with van der Waals surface area (Å²) in [5, 5.41) is 5.23. The molecule has 1 aromatic heterocycles. The molecule has 2 heterocycles. The number of amides is 1. The summed E-state index contributed by atoms with van der Waals surface area (Å²) in [5.41, 5.74) is 2.74. The minimum Gasteiger partial charge on any atom is -0.497 e. The standard InChI is InChI=1S/C23H20N2O4S/c1-27-18-9-7-17(8-10-18)19-15-30-23(24-19)25-22(26)5-3-2-4-16-6-11-20-21(14-16)29-13-12-28-20/h2-11,14-15H,12-13H2,1H3,(H,24,25,26)/b4-2+,5-3+. The van der Waals surface area contributed by atoms with E-state index in [9.17, 15) is 4.79 Å². The maximum atomic E-state index is 12.1. The number of nitrogens with zero attached hydrogens (tertiary/aromatic N) is 1. The van der Waals surface area contributed by atoms with Crippen LogP contribution in [0.25, 0.3) is 17.3 Å². The number of nitrogens with one attached hydrogen (secondary N) is 1. The molecule has 0 bridgehead atoms. The van der Waals surface area contributed by atoms with E-state index in [1.807, 2.05) is 53.9 Å². The van der Waals surface area contributed by atoms with Crippen molar-refractivity contribution in [3.8, 4) is 28.5 Å². The minimum absolute atomic E-state index is 0.238. The highest BCUT2D eigenvalue weighted by Gasteiger charge is 2.10. The molecule has 30 heavy (non-hydrogen) atoms. The quantitative estimate of drug-likeness (QED) is 0.458. The van der Waals surface area contributed by atoms with Crippen LogP contribution < -0.4 is 19.5 Å². The molecule has 0 saturated carbocycles. The molecule has 0 spiro atoms. The Morgan fingerprint density at radius 3 is 2.70 bits per heavy atom. The van der Waals surface area contributed by atoms with Gasteiger partial charge in [0.15, 0.2) is 16.6 Å². The molecular weight excluding hydrogens is 400 g/mol. The van der Waals surface area contributed by atoms with Gasteiger partial charge in [0.25, 0.3) is 0 Å². The third kappa shape index (κ3) is 4.87. The number of carbonyl (C=O) groups excluding carboxylic acids is 1. The first-order chi connectivity index (χ1) is 14.7. The molecule has 1 amide bonds. The van der Waals surface area contributed by atoms with Crippen LogP contribution in [0.4, 0.5) is 5.13 Å². The van der Waals surface area contributed by atoms with Crippen molar-refractivity contribution in [3.63, 3.8) is 0 Å². The molecule has 7 heteroatoms. The summed E-state index contributed by atoms with van der Waals surface area (Å²) in [6.07, 6.45) is 6.84. The van der Waals surface area contributed by atoms with Gasteiger partial charge >= 0.3 is 0 Å². The molecule has 6 nitrogen and oxygen atoms in total. The fourth-order valence-electron chi connectivity index (χ4n) is 2.85. The highest BCUT2D eigenvalue weighted by molar-refractivity contribution is 7.14. The van der Waals surface area contributed by atoms with Gasteiger partial charge in [0, 0.05) is 17.0 Å². The fourth-order valence-corrected chi connectivity index (χ4v) is 3.57. The van der Waals surface area contributed by atoms with E-state index in [0.717, 1.165) is 34.1 Å². The van der Waals surface area contributed by atoms with Gasteiger partial charge in [-0.15, -0.1) is 11.3 Å². The van der Waals surface area contributed by atoms with Crippen LogP contribution in [0.1, 0.15) is 5.56 Å². The lowest BCUT2D eigenvalue weighted by Crippen LogP contribution is -2.15. The van der Waals surface area contributed by atoms with Crippen molar-refractivity contribution in [1.29, 1.82) is 0 Å². The Bertz CT molecular complexity index is 1090. The third-order valence-electron chi connectivity index (χ3n) is 4.33. The summed E-state index contributed by atoms with van der Waals surface area (Å²) in [5.74, 6) is 2.04. The number of hydrogen-bond acceptors (Lipinski definition) is 6. The maximum absolute atomic E-state index is 12.1. The fraction of sp³-hybridized carbons (Fsp3) is 0.130. The van der Waals surface area contributed by atoms with Gasteiger partial charge in [0.2, 0.25) is 5.91 Å². The molecule has 0 unspecified atom stereocenters. The summed E-state index contributed by atoms with van der Waals surface area (Å²) >= 11 is 1.38. The molecule has 0 radical (unpaired) electrons. The largest absolute Gasteiger partial charge is 0.497 e. The number of fused-ring (bicyclic) bond motifs is 1. The summed E-state index contributed by atoms with van der Waals surface area (Å²) in [6, 6.07) is 13.4. The Balaban J connectivity index is 1.32. The van der Waals surface area contributed by atoms with E-state index in [0.29, 0.717) is 18.3 Å². The number of aromatic nitrogens is 1. The van der Waals surface area contributed by atoms with Crippen LogP contribution in [-0.2, 0) is 4.79 Å². The van der Waals surface area contributed by atoms with Crippen LogP contribution in [0.3, 0.4) is 0 Å². The van der Waals surface area contributed by atoms with E-state index in [1.165, 1.54) is 17.4 Å². The van der Waals surface area contributed by atoms with Crippen LogP contribution in [0.5, 0.6) is 17.2 Å². The van der Waals surface area contributed by atoms with Crippen molar-refractivity contribution < 1.29 is 19.0 Å². The van der Waals surface area contributed by atoms with E-state index in [1.54, 1.807) is 19.3 Å². The van der Waals surface area contributed by atoms with E-state index in [2.05, 4.69) is 10.3 Å². The molecule has 1 N–H and O–H groups in total. The molecule has 2 aromatic carbocycles. The second-order valence-corrected chi connectivity index (χ2v) is 7.24. The average molecular weight is 420 g/mol. The number of allylic oxidation sites excluding steroid dienone is 2. The minimum atomic E-state index is -0.238. The van der Waals surface area contributed by atoms with Crippen molar-refractivity contribution in [1.82, 2.24) is 4.98 Å². The zero-order chi connectivity index (χ0) is 20.8. The normalized spacial score (nSPS) is 13.0. The molecule has 0 saturated heterocycles. The van der Waals surface area contributed by atoms with Crippen LogP contribution in [-0.4, -0.2) is 31.2 Å². The predicted octanol–water partition coefficient (Wildman–Crippen LogP) is 4.80. The SMILES string of the molecule is COc1ccc(-c2csc(NC(=O)/C=C/C=C/c3ccc4c(c3)OCCO4)n2)cc1. The van der Waals surface area contributed by atoms with Crippen molar-refractivity contribution in [3.05, 3.63) is 71.6 Å². The molecule has 0 atom stereocenters. The zero-order valence-corrected chi connectivity index (χ0v) is 17.1. The van der Waals surface area contributed by atoms with E-state index < -0.39 is 0 Å². The first-order valence-electron chi connectivity index (χ1n) is 9.36. The van der Waals surface area contributed by atoms with Crippen molar-refractivity contribution >= 4 is 28.5 Å². The van der Waals surface area contributed by atoms with Crippen molar-refractivity contribution in [2.24, 2.45) is 0 Å². The number of methoxy groups -OCH3 is 1. The Hall–Kier alpha value is -3.58. The van der Waals surface area contributed by atoms with E-state index >= 15 is 0 Å². The van der Waals surface area contributed by atoms with Crippen LogP contribution >= 0.6 is 11.3 Å². The van der Waals surface area contributed by atoms with Crippen LogP contribution in [0, 0.1) is 0 Å². The number of anilines is 1. The highest BCUT2D eigenvalue weighted by atomic mass is 32.1. The molecule has 0 fully saturated rings. The topological polar surface area (TPSA) is 69.7 Å². The molecule has 152 valence electrons. The number of thiazole rings is 1. The monoisotopic (exact) mass is 420 g/mol. The van der Waals surface area contributed by atoms with Gasteiger partial charge in [0.05, 0.1) is 12.8 Å². The third-order valence-corrected chi connectivity index (χ3v) is 5.09. The number of carbonyl (C=O) groups is 1. The lowest BCUT2D eigenvalue weighted by molar-refractivity contribution is -0.111. The Labute approximate surface area is 178 Å². The Morgan fingerprint density at radius 1 is 1.10 bits per heavy atom. The molecule has 3 aromatic rings. The van der Waals surface area contributed by atoms with Gasteiger partial charge < -0.3 is 14.2 Å². The lowest BCUT2D eigenvalue weighted by atomic mass is 10.2. The predicted molar refractivity (Wildman–Crippen MR) is 118 cm³/mol. The maximum Gasteiger partial charge on any atom is 0.250 e. The number of rotatable bonds is 6. The zero-order valence-electron chi connectivity index (χ0n) is 16.3. The first-order valence-corrected chi connectivity index (χ1v) is 10.2. The smallest absolute Gasteiger partial charge is 0.250 e. The van der Waals surface area contributed by atoms with Crippen LogP contribution in [0.2, 0.25) is 0 Å². The van der Waals surface area contributed by atoms with Crippen molar-refractivity contribution in [2.75, 3.05) is 25.6 Å². The lowest BCUT2D eigenvalue weighted by Gasteiger charge is -2.18. The number of benzene rings is 2. The summed E-state index contributed by atoms with van der Waals surface area (Å²) in [4.78, 5) is 16.6. The van der Waals surface area contributed by atoms with Crippen molar-refractivity contribution in [2.45, 2.75) is 0 Å². The molecule has 1 aliphatic rings. The second-order valence-electron chi connectivity index (χ2n) is 6.38. The van der Waals surface area contributed by atoms with E-state index in [-0.39, 0.29) is 5.91 Å². The highest BCUT2D eigenvalue weighted by Crippen LogP contribution is 2.31. The number of hydrogen-bond donors (Lipinski definition) is 1. The second kappa shape index (κ2) is 9.28. The molecular formula is C23H20N2O4S. The van der Waals surface area contributed by atoms with E-state index in [4.69, 9.17) is 14.2 Å². The van der Waals surface area contributed by atoms with Crippen LogP contribution in [0.15, 0.2) is 66.1 Å². The first kappa shape index (κ1) is 19.7. The van der Waals surface area contributed by atoms with Gasteiger partial charge in [-0.05, 0) is 42.0 Å². The average Bonchev–Trinajstić information content (AvgIpc) is 3.25. The van der Waals surface area contributed by atoms with Gasteiger partial charge in [-0.2, -0.15) is 0 Å². The summed E-state index contributed by atoms with van der Waals surface area (Å²) in [7, 11) is 1.63. The summed E-state index contributed by atoms with van der Waals surface area (Å²) < 4.78 is 16.2.